The Hall–Kier alpha value is -3.61. The summed E-state index contributed by atoms with van der Waals surface area (Å²) < 4.78 is 5.86. The van der Waals surface area contributed by atoms with E-state index >= 15 is 0 Å². The third-order valence-electron chi connectivity index (χ3n) is 5.33. The van der Waals surface area contributed by atoms with Crippen LogP contribution in [0.4, 0.5) is 5.82 Å². The van der Waals surface area contributed by atoms with Gasteiger partial charge in [-0.25, -0.2) is 15.0 Å². The Balaban J connectivity index is 1.35. The minimum absolute atomic E-state index is 0.504. The van der Waals surface area contributed by atoms with Crippen molar-refractivity contribution >= 4 is 11.8 Å². The molecule has 0 radical (unpaired) electrons. The number of benzene rings is 1. The van der Waals surface area contributed by atoms with E-state index in [-0.39, 0.29) is 0 Å². The van der Waals surface area contributed by atoms with Gasteiger partial charge in [-0.2, -0.15) is 0 Å². The second-order valence-electron chi connectivity index (χ2n) is 7.61. The summed E-state index contributed by atoms with van der Waals surface area (Å²) in [7, 11) is 0. The number of pyridine rings is 2. The number of rotatable bonds is 7. The maximum atomic E-state index is 5.86. The molecule has 1 fully saturated rings. The zero-order valence-electron chi connectivity index (χ0n) is 18.5. The third-order valence-corrected chi connectivity index (χ3v) is 5.33. The molecule has 32 heavy (non-hydrogen) atoms. The van der Waals surface area contributed by atoms with E-state index in [1.165, 1.54) is 0 Å². The van der Waals surface area contributed by atoms with E-state index in [0.29, 0.717) is 19.0 Å². The van der Waals surface area contributed by atoms with Crippen LogP contribution in [0.1, 0.15) is 18.1 Å². The molecule has 0 unspecified atom stereocenters. The second kappa shape index (κ2) is 11.1. The fourth-order valence-corrected chi connectivity index (χ4v) is 3.64. The molecule has 4 rings (SSSR count). The van der Waals surface area contributed by atoms with Gasteiger partial charge in [0.1, 0.15) is 12.4 Å². The number of aromatic nitrogens is 2. The second-order valence-corrected chi connectivity index (χ2v) is 7.61. The Morgan fingerprint density at radius 1 is 0.938 bits per heavy atom. The molecule has 1 aromatic carbocycles. The summed E-state index contributed by atoms with van der Waals surface area (Å²) in [6, 6.07) is 20.1. The fraction of sp³-hybridized carbons (Fsp3) is 0.320. The quantitative estimate of drug-likeness (QED) is 0.458. The summed E-state index contributed by atoms with van der Waals surface area (Å²) in [4.78, 5) is 18.3. The van der Waals surface area contributed by atoms with Crippen molar-refractivity contribution in [3.05, 3.63) is 84.2 Å². The Kier molecular flexibility index (Phi) is 7.52. The van der Waals surface area contributed by atoms with Gasteiger partial charge in [-0.1, -0.05) is 36.4 Å². The Bertz CT molecular complexity index is 988. The summed E-state index contributed by atoms with van der Waals surface area (Å²) in [6.07, 6.45) is 3.63. The van der Waals surface area contributed by atoms with Gasteiger partial charge < -0.3 is 19.9 Å². The van der Waals surface area contributed by atoms with E-state index in [0.717, 1.165) is 55.6 Å². The molecule has 3 heterocycles. The van der Waals surface area contributed by atoms with Crippen molar-refractivity contribution in [2.75, 3.05) is 37.6 Å². The van der Waals surface area contributed by atoms with Crippen LogP contribution < -0.4 is 15.0 Å². The summed E-state index contributed by atoms with van der Waals surface area (Å²) >= 11 is 0. The zero-order valence-corrected chi connectivity index (χ0v) is 18.5. The van der Waals surface area contributed by atoms with Crippen LogP contribution in [0.2, 0.25) is 0 Å². The van der Waals surface area contributed by atoms with Crippen LogP contribution in [0.5, 0.6) is 5.88 Å². The number of hydrogen-bond donors (Lipinski definition) is 1. The average Bonchev–Trinajstić information content (AvgIpc) is 2.87. The van der Waals surface area contributed by atoms with Crippen molar-refractivity contribution in [2.24, 2.45) is 4.99 Å². The van der Waals surface area contributed by atoms with Gasteiger partial charge in [0.25, 0.3) is 0 Å². The van der Waals surface area contributed by atoms with Crippen molar-refractivity contribution < 1.29 is 4.74 Å². The Morgan fingerprint density at radius 3 is 2.50 bits per heavy atom. The van der Waals surface area contributed by atoms with Crippen LogP contribution in [0.3, 0.4) is 0 Å². The summed E-state index contributed by atoms with van der Waals surface area (Å²) in [5.41, 5.74) is 2.20. The lowest BCUT2D eigenvalue weighted by Crippen LogP contribution is -2.52. The molecule has 0 aliphatic carbocycles. The van der Waals surface area contributed by atoms with Crippen molar-refractivity contribution in [3.63, 3.8) is 0 Å². The summed E-state index contributed by atoms with van der Waals surface area (Å²) in [5.74, 6) is 2.60. The SMILES string of the molecule is CCNC(=NCc1ccnc(OCc2ccccc2)c1)N1CCN(c2ccccn2)CC1. The first-order chi connectivity index (χ1) is 15.8. The van der Waals surface area contributed by atoms with E-state index < -0.39 is 0 Å². The van der Waals surface area contributed by atoms with Crippen molar-refractivity contribution in [3.8, 4) is 5.88 Å². The highest BCUT2D eigenvalue weighted by Gasteiger charge is 2.20. The molecule has 0 bridgehead atoms. The van der Waals surface area contributed by atoms with Crippen LogP contribution in [0, 0.1) is 0 Å². The monoisotopic (exact) mass is 430 g/mol. The number of nitrogens with one attached hydrogen (secondary N) is 1. The van der Waals surface area contributed by atoms with Gasteiger partial charge in [-0.05, 0) is 36.2 Å². The van der Waals surface area contributed by atoms with Gasteiger partial charge in [0.2, 0.25) is 5.88 Å². The molecule has 166 valence electrons. The molecule has 0 spiro atoms. The topological polar surface area (TPSA) is 65.9 Å². The lowest BCUT2D eigenvalue weighted by atomic mass is 10.2. The van der Waals surface area contributed by atoms with Crippen LogP contribution in [-0.4, -0.2) is 53.6 Å². The minimum Gasteiger partial charge on any atom is -0.473 e. The van der Waals surface area contributed by atoms with Gasteiger partial charge in [0, 0.05) is 51.2 Å². The molecule has 7 heteroatoms. The van der Waals surface area contributed by atoms with Crippen LogP contribution in [0.15, 0.2) is 78.0 Å². The van der Waals surface area contributed by atoms with Crippen molar-refractivity contribution in [1.82, 2.24) is 20.2 Å². The number of aliphatic imine (C=N–C) groups is 1. The normalized spacial score (nSPS) is 14.3. The molecular formula is C25H30N6O. The largest absolute Gasteiger partial charge is 0.473 e. The van der Waals surface area contributed by atoms with Crippen LogP contribution in [0.25, 0.3) is 0 Å². The van der Waals surface area contributed by atoms with Crippen molar-refractivity contribution in [2.45, 2.75) is 20.1 Å². The Morgan fingerprint density at radius 2 is 1.75 bits per heavy atom. The highest BCUT2D eigenvalue weighted by Crippen LogP contribution is 2.15. The standard InChI is InChI=1S/C25H30N6O/c1-2-26-25(31-16-14-30(15-17-31)23-10-6-7-12-27-23)29-19-22-11-13-28-24(18-22)32-20-21-8-4-3-5-9-21/h3-13,18H,2,14-17,19-20H2,1H3,(H,26,29). The molecule has 1 aliphatic heterocycles. The molecule has 1 N–H and O–H groups in total. The van der Waals surface area contributed by atoms with Gasteiger partial charge in [-0.15, -0.1) is 0 Å². The maximum absolute atomic E-state index is 5.86. The van der Waals surface area contributed by atoms with Gasteiger partial charge in [0.05, 0.1) is 6.54 Å². The molecule has 3 aromatic rings. The number of nitrogens with zero attached hydrogens (tertiary/aromatic N) is 5. The van der Waals surface area contributed by atoms with Gasteiger partial charge in [-0.3, -0.25) is 0 Å². The molecule has 0 amide bonds. The molecular weight excluding hydrogens is 400 g/mol. The van der Waals surface area contributed by atoms with Gasteiger partial charge >= 0.3 is 0 Å². The summed E-state index contributed by atoms with van der Waals surface area (Å²) in [5, 5.41) is 3.43. The lowest BCUT2D eigenvalue weighted by molar-refractivity contribution is 0.293. The zero-order chi connectivity index (χ0) is 22.0. The molecule has 7 nitrogen and oxygen atoms in total. The first-order valence-electron chi connectivity index (χ1n) is 11.1. The van der Waals surface area contributed by atoms with Crippen LogP contribution >= 0.6 is 0 Å². The fourth-order valence-electron chi connectivity index (χ4n) is 3.64. The molecule has 0 saturated carbocycles. The average molecular weight is 431 g/mol. The summed E-state index contributed by atoms with van der Waals surface area (Å²) in [6.45, 7) is 7.68. The van der Waals surface area contributed by atoms with E-state index in [9.17, 15) is 0 Å². The minimum atomic E-state index is 0.504. The van der Waals surface area contributed by atoms with E-state index in [2.05, 4.69) is 38.1 Å². The smallest absolute Gasteiger partial charge is 0.213 e. The number of ether oxygens (including phenoxy) is 1. The number of guanidine groups is 1. The maximum Gasteiger partial charge on any atom is 0.213 e. The molecule has 2 aromatic heterocycles. The Labute approximate surface area is 189 Å². The van der Waals surface area contributed by atoms with E-state index in [1.54, 1.807) is 6.20 Å². The van der Waals surface area contributed by atoms with Crippen molar-refractivity contribution in [1.29, 1.82) is 0 Å². The number of anilines is 1. The van der Waals surface area contributed by atoms with Crippen LogP contribution in [-0.2, 0) is 13.2 Å². The highest BCUT2D eigenvalue weighted by atomic mass is 16.5. The number of piperazine rings is 1. The molecule has 0 atom stereocenters. The first-order valence-corrected chi connectivity index (χ1v) is 11.1. The van der Waals surface area contributed by atoms with Gasteiger partial charge in [0.15, 0.2) is 5.96 Å². The van der Waals surface area contributed by atoms with E-state index in [1.807, 2.05) is 60.8 Å². The predicted octanol–water partition coefficient (Wildman–Crippen LogP) is 3.34. The predicted molar refractivity (Wildman–Crippen MR) is 128 cm³/mol. The molecule has 1 aliphatic rings. The number of hydrogen-bond acceptors (Lipinski definition) is 5. The third kappa shape index (κ3) is 5.97. The lowest BCUT2D eigenvalue weighted by Gasteiger charge is -2.37. The first kappa shape index (κ1) is 21.6. The highest BCUT2D eigenvalue weighted by molar-refractivity contribution is 5.80. The molecule has 1 saturated heterocycles. The van der Waals surface area contributed by atoms with E-state index in [4.69, 9.17) is 9.73 Å².